The molecule has 23 heavy (non-hydrogen) atoms. The summed E-state index contributed by atoms with van der Waals surface area (Å²) in [5, 5.41) is 21.9. The van der Waals surface area contributed by atoms with Crippen LogP contribution in [0.15, 0.2) is 37.0 Å². The van der Waals surface area contributed by atoms with Crippen LogP contribution in [-0.2, 0) is 4.79 Å². The number of hydrogen-bond acceptors (Lipinski definition) is 3. The number of ketones is 1. The molecule has 0 heterocycles. The highest BCUT2D eigenvalue weighted by molar-refractivity contribution is 5.95. The summed E-state index contributed by atoms with van der Waals surface area (Å²) in [6, 6.07) is 0. The minimum absolute atomic E-state index is 0.00686. The smallest absolute Gasteiger partial charge is 0.160 e. The van der Waals surface area contributed by atoms with E-state index >= 15 is 0 Å². The van der Waals surface area contributed by atoms with E-state index in [1.807, 2.05) is 19.9 Å². The van der Waals surface area contributed by atoms with E-state index in [0.29, 0.717) is 12.8 Å². The Bertz CT molecular complexity index is 606. The Morgan fingerprint density at radius 2 is 1.83 bits per heavy atom. The van der Waals surface area contributed by atoms with Crippen molar-refractivity contribution in [3.8, 4) is 0 Å². The number of carbonyl (C=O) groups is 1. The van der Waals surface area contributed by atoms with Gasteiger partial charge in [-0.25, -0.2) is 0 Å². The summed E-state index contributed by atoms with van der Waals surface area (Å²) >= 11 is 0. The molecule has 2 fully saturated rings. The second kappa shape index (κ2) is 4.90. The van der Waals surface area contributed by atoms with Crippen LogP contribution < -0.4 is 0 Å². The Morgan fingerprint density at radius 3 is 2.43 bits per heavy atom. The molecule has 0 aromatic carbocycles. The van der Waals surface area contributed by atoms with Gasteiger partial charge in [-0.15, -0.1) is 6.58 Å². The monoisotopic (exact) mass is 316 g/mol. The molecule has 0 spiro atoms. The SMILES string of the molecule is C=C[C@@]1(C)C[C@H]2C[C@@H](O)[C@]3(C)C(=C)C=CC(=O)[C@H]3[C@]2(C)[C@@H](O)C1. The first kappa shape index (κ1) is 16.7. The van der Waals surface area contributed by atoms with E-state index < -0.39 is 29.0 Å². The van der Waals surface area contributed by atoms with Crippen molar-refractivity contribution in [2.75, 3.05) is 0 Å². The maximum absolute atomic E-state index is 12.8. The Balaban J connectivity index is 2.14. The van der Waals surface area contributed by atoms with Gasteiger partial charge in [0.15, 0.2) is 5.78 Å². The first-order valence-electron chi connectivity index (χ1n) is 8.50. The van der Waals surface area contributed by atoms with Crippen molar-refractivity contribution >= 4 is 5.78 Å². The number of rotatable bonds is 1. The molecule has 126 valence electrons. The molecular weight excluding hydrogens is 288 g/mol. The summed E-state index contributed by atoms with van der Waals surface area (Å²) in [6.45, 7) is 14.1. The van der Waals surface area contributed by atoms with Crippen molar-refractivity contribution < 1.29 is 15.0 Å². The van der Waals surface area contributed by atoms with Crippen LogP contribution in [0, 0.1) is 28.1 Å². The molecule has 3 rings (SSSR count). The summed E-state index contributed by atoms with van der Waals surface area (Å²) in [6.07, 6.45) is 6.04. The third-order valence-electron chi connectivity index (χ3n) is 7.31. The fourth-order valence-electron chi connectivity index (χ4n) is 5.54. The molecule has 0 radical (unpaired) electrons. The van der Waals surface area contributed by atoms with Gasteiger partial charge in [0.05, 0.1) is 12.2 Å². The molecule has 0 aliphatic heterocycles. The molecule has 0 aromatic rings. The van der Waals surface area contributed by atoms with Crippen molar-refractivity contribution in [2.24, 2.45) is 28.1 Å². The molecule has 3 aliphatic rings. The summed E-state index contributed by atoms with van der Waals surface area (Å²) in [4.78, 5) is 12.8. The molecule has 3 nitrogen and oxygen atoms in total. The van der Waals surface area contributed by atoms with Gasteiger partial charge in [-0.05, 0) is 42.2 Å². The third-order valence-corrected chi connectivity index (χ3v) is 7.31. The predicted octanol–water partition coefficient (Wildman–Crippen LogP) is 3.04. The van der Waals surface area contributed by atoms with E-state index in [1.54, 1.807) is 12.2 Å². The minimum Gasteiger partial charge on any atom is -0.392 e. The second-order valence-corrected chi connectivity index (χ2v) is 8.57. The highest BCUT2D eigenvalue weighted by Crippen LogP contribution is 2.65. The molecule has 2 saturated carbocycles. The minimum atomic E-state index is -0.694. The van der Waals surface area contributed by atoms with Gasteiger partial charge in [0.2, 0.25) is 0 Å². The van der Waals surface area contributed by atoms with Crippen molar-refractivity contribution in [3.63, 3.8) is 0 Å². The van der Waals surface area contributed by atoms with Crippen molar-refractivity contribution in [1.82, 2.24) is 0 Å². The van der Waals surface area contributed by atoms with Gasteiger partial charge in [0.1, 0.15) is 0 Å². The van der Waals surface area contributed by atoms with Gasteiger partial charge >= 0.3 is 0 Å². The van der Waals surface area contributed by atoms with Crippen molar-refractivity contribution in [1.29, 1.82) is 0 Å². The molecule has 3 heteroatoms. The zero-order valence-corrected chi connectivity index (χ0v) is 14.4. The quantitative estimate of drug-likeness (QED) is 0.731. The van der Waals surface area contributed by atoms with E-state index in [9.17, 15) is 15.0 Å². The number of aliphatic hydroxyl groups is 2. The normalized spacial score (nSPS) is 52.7. The van der Waals surface area contributed by atoms with Crippen molar-refractivity contribution in [2.45, 2.75) is 52.2 Å². The number of hydrogen-bond donors (Lipinski definition) is 2. The standard InChI is InChI=1S/C20H28O3/c1-6-18(3)10-13-9-15(22)19(4)12(2)7-8-14(21)17(19)20(13,5)16(23)11-18/h6-8,13,15-17,22-23H,1-2,9-11H2,3-5H3/t13-,15-,16+,17-,18+,19+,20+/m1/s1. The zero-order valence-electron chi connectivity index (χ0n) is 14.4. The van der Waals surface area contributed by atoms with E-state index in [0.717, 1.165) is 12.0 Å². The third kappa shape index (κ3) is 1.99. The average Bonchev–Trinajstić information content (AvgIpc) is 2.48. The van der Waals surface area contributed by atoms with Crippen LogP contribution in [0.1, 0.15) is 40.0 Å². The van der Waals surface area contributed by atoms with Crippen LogP contribution in [0.25, 0.3) is 0 Å². The summed E-state index contributed by atoms with van der Waals surface area (Å²) < 4.78 is 0. The molecule has 0 unspecified atom stereocenters. The van der Waals surface area contributed by atoms with Gasteiger partial charge in [-0.1, -0.05) is 39.5 Å². The lowest BCUT2D eigenvalue weighted by atomic mass is 9.41. The first-order valence-corrected chi connectivity index (χ1v) is 8.50. The molecule has 0 amide bonds. The molecule has 2 N–H and O–H groups in total. The molecule has 0 saturated heterocycles. The number of fused-ring (bicyclic) bond motifs is 3. The fourth-order valence-corrected chi connectivity index (χ4v) is 5.54. The Labute approximate surface area is 138 Å². The number of aliphatic hydroxyl groups excluding tert-OH is 2. The van der Waals surface area contributed by atoms with Gasteiger partial charge in [0.25, 0.3) is 0 Å². The lowest BCUT2D eigenvalue weighted by Crippen LogP contribution is -2.65. The Kier molecular flexibility index (Phi) is 3.55. The van der Waals surface area contributed by atoms with E-state index in [1.165, 1.54) is 0 Å². The van der Waals surface area contributed by atoms with Gasteiger partial charge in [-0.3, -0.25) is 4.79 Å². The molecule has 0 aromatic heterocycles. The van der Waals surface area contributed by atoms with Gasteiger partial charge < -0.3 is 10.2 Å². The lowest BCUT2D eigenvalue weighted by Gasteiger charge is -2.63. The summed E-state index contributed by atoms with van der Waals surface area (Å²) in [7, 11) is 0. The predicted molar refractivity (Wildman–Crippen MR) is 90.6 cm³/mol. The molecule has 0 bridgehead atoms. The van der Waals surface area contributed by atoms with E-state index in [2.05, 4.69) is 20.1 Å². The van der Waals surface area contributed by atoms with Crippen LogP contribution in [0.5, 0.6) is 0 Å². The van der Waals surface area contributed by atoms with E-state index in [-0.39, 0.29) is 17.1 Å². The maximum atomic E-state index is 12.8. The zero-order chi connectivity index (χ0) is 17.2. The van der Waals surface area contributed by atoms with Crippen LogP contribution in [0.4, 0.5) is 0 Å². The Morgan fingerprint density at radius 1 is 1.17 bits per heavy atom. The lowest BCUT2D eigenvalue weighted by molar-refractivity contribution is -0.196. The van der Waals surface area contributed by atoms with Gasteiger partial charge in [-0.2, -0.15) is 0 Å². The topological polar surface area (TPSA) is 57.5 Å². The average molecular weight is 316 g/mol. The summed E-state index contributed by atoms with van der Waals surface area (Å²) in [5.41, 5.74) is -0.596. The number of carbonyl (C=O) groups excluding carboxylic acids is 1. The van der Waals surface area contributed by atoms with Crippen LogP contribution >= 0.6 is 0 Å². The fraction of sp³-hybridized carbons (Fsp3) is 0.650. The van der Waals surface area contributed by atoms with Crippen LogP contribution in [0.2, 0.25) is 0 Å². The maximum Gasteiger partial charge on any atom is 0.160 e. The summed E-state index contributed by atoms with van der Waals surface area (Å²) in [5.74, 6) is -0.330. The molecular formula is C20H28O3. The Hall–Kier alpha value is -1.19. The largest absolute Gasteiger partial charge is 0.392 e. The number of allylic oxidation sites excluding steroid dienone is 3. The first-order chi connectivity index (χ1) is 10.6. The molecule has 7 atom stereocenters. The molecule has 3 aliphatic carbocycles. The van der Waals surface area contributed by atoms with E-state index in [4.69, 9.17) is 0 Å². The van der Waals surface area contributed by atoms with Crippen molar-refractivity contribution in [3.05, 3.63) is 37.0 Å². The van der Waals surface area contributed by atoms with Crippen LogP contribution in [0.3, 0.4) is 0 Å². The second-order valence-electron chi connectivity index (χ2n) is 8.57. The highest BCUT2D eigenvalue weighted by Gasteiger charge is 2.66. The highest BCUT2D eigenvalue weighted by atomic mass is 16.3. The van der Waals surface area contributed by atoms with Crippen LogP contribution in [-0.4, -0.2) is 28.2 Å². The van der Waals surface area contributed by atoms with Gasteiger partial charge in [0, 0.05) is 16.7 Å².